The van der Waals surface area contributed by atoms with Gasteiger partial charge < -0.3 is 15.1 Å². The van der Waals surface area contributed by atoms with Crippen molar-refractivity contribution >= 4 is 23.2 Å². The number of aliphatic imine (C=N–C) groups is 1. The SMILES string of the molecule is C=CCCCCCN(C)C(=NC)NCC(=O)N1CCc2sccc2C1. The van der Waals surface area contributed by atoms with E-state index in [-0.39, 0.29) is 5.91 Å². The van der Waals surface area contributed by atoms with Gasteiger partial charge in [-0.1, -0.05) is 12.5 Å². The van der Waals surface area contributed by atoms with E-state index in [1.54, 1.807) is 18.4 Å². The van der Waals surface area contributed by atoms with Gasteiger partial charge in [-0.25, -0.2) is 0 Å². The van der Waals surface area contributed by atoms with E-state index < -0.39 is 0 Å². The topological polar surface area (TPSA) is 47.9 Å². The minimum atomic E-state index is 0.136. The van der Waals surface area contributed by atoms with Crippen molar-refractivity contribution in [3.63, 3.8) is 0 Å². The van der Waals surface area contributed by atoms with Crippen LogP contribution in [0.25, 0.3) is 0 Å². The number of amides is 1. The van der Waals surface area contributed by atoms with Crippen LogP contribution in [0.5, 0.6) is 0 Å². The van der Waals surface area contributed by atoms with Crippen molar-refractivity contribution in [2.24, 2.45) is 4.99 Å². The van der Waals surface area contributed by atoms with Crippen LogP contribution in [0.2, 0.25) is 0 Å². The van der Waals surface area contributed by atoms with Crippen LogP contribution in [0.4, 0.5) is 0 Å². The molecule has 2 rings (SSSR count). The van der Waals surface area contributed by atoms with E-state index in [0.29, 0.717) is 6.54 Å². The van der Waals surface area contributed by atoms with Crippen LogP contribution in [0.15, 0.2) is 29.1 Å². The summed E-state index contributed by atoms with van der Waals surface area (Å²) in [5.74, 6) is 0.919. The second-order valence-electron chi connectivity index (χ2n) is 6.39. The molecular weight excluding hydrogens is 332 g/mol. The van der Waals surface area contributed by atoms with E-state index >= 15 is 0 Å². The van der Waals surface area contributed by atoms with Crippen LogP contribution in [0.1, 0.15) is 36.1 Å². The molecule has 0 aromatic carbocycles. The summed E-state index contributed by atoms with van der Waals surface area (Å²) in [6, 6.07) is 2.13. The van der Waals surface area contributed by atoms with Crippen LogP contribution in [0.3, 0.4) is 0 Å². The normalized spacial score (nSPS) is 14.2. The van der Waals surface area contributed by atoms with Crippen LogP contribution in [0, 0.1) is 0 Å². The van der Waals surface area contributed by atoms with Crippen molar-refractivity contribution in [2.75, 3.05) is 33.7 Å². The molecule has 6 heteroatoms. The summed E-state index contributed by atoms with van der Waals surface area (Å²) in [6.45, 7) is 6.53. The van der Waals surface area contributed by atoms with Crippen molar-refractivity contribution in [3.05, 3.63) is 34.5 Å². The molecule has 1 aromatic rings. The van der Waals surface area contributed by atoms with Gasteiger partial charge in [-0.3, -0.25) is 9.79 Å². The fourth-order valence-corrected chi connectivity index (χ4v) is 3.92. The molecule has 0 aliphatic carbocycles. The number of nitrogens with one attached hydrogen (secondary N) is 1. The smallest absolute Gasteiger partial charge is 0.242 e. The zero-order valence-corrected chi connectivity index (χ0v) is 16.3. The molecule has 1 amide bonds. The Morgan fingerprint density at radius 1 is 1.48 bits per heavy atom. The molecule has 0 atom stereocenters. The minimum Gasteiger partial charge on any atom is -0.347 e. The number of thiophene rings is 1. The lowest BCUT2D eigenvalue weighted by atomic mass is 10.1. The summed E-state index contributed by atoms with van der Waals surface area (Å²) < 4.78 is 0. The van der Waals surface area contributed by atoms with Gasteiger partial charge in [-0.2, -0.15) is 0 Å². The Morgan fingerprint density at radius 2 is 2.32 bits per heavy atom. The zero-order valence-electron chi connectivity index (χ0n) is 15.5. The van der Waals surface area contributed by atoms with Crippen molar-refractivity contribution in [1.29, 1.82) is 0 Å². The summed E-state index contributed by atoms with van der Waals surface area (Å²) in [7, 11) is 3.78. The molecule has 0 fully saturated rings. The average molecular weight is 363 g/mol. The number of rotatable bonds is 8. The monoisotopic (exact) mass is 362 g/mol. The lowest BCUT2D eigenvalue weighted by Gasteiger charge is -2.28. The Balaban J connectivity index is 1.72. The number of carbonyl (C=O) groups excluding carboxylic acids is 1. The van der Waals surface area contributed by atoms with E-state index in [2.05, 4.69) is 33.2 Å². The highest BCUT2D eigenvalue weighted by molar-refractivity contribution is 7.10. The molecule has 0 saturated carbocycles. The Labute approximate surface area is 155 Å². The number of unbranched alkanes of at least 4 members (excludes halogenated alkanes) is 3. The molecule has 0 saturated heterocycles. The number of nitrogens with zero attached hydrogens (tertiary/aromatic N) is 3. The first-order chi connectivity index (χ1) is 12.2. The lowest BCUT2D eigenvalue weighted by Crippen LogP contribution is -2.46. The summed E-state index contributed by atoms with van der Waals surface area (Å²) >= 11 is 1.79. The summed E-state index contributed by atoms with van der Waals surface area (Å²) in [6.07, 6.45) is 7.50. The fraction of sp³-hybridized carbons (Fsp3) is 0.579. The minimum absolute atomic E-state index is 0.136. The third-order valence-corrected chi connectivity index (χ3v) is 5.56. The van der Waals surface area contributed by atoms with Gasteiger partial charge in [0.15, 0.2) is 5.96 Å². The zero-order chi connectivity index (χ0) is 18.1. The van der Waals surface area contributed by atoms with Gasteiger partial charge in [-0.15, -0.1) is 17.9 Å². The van der Waals surface area contributed by atoms with Gasteiger partial charge in [0.05, 0.1) is 6.54 Å². The Morgan fingerprint density at radius 3 is 3.08 bits per heavy atom. The highest BCUT2D eigenvalue weighted by atomic mass is 32.1. The van der Waals surface area contributed by atoms with E-state index in [4.69, 9.17) is 0 Å². The summed E-state index contributed by atoms with van der Waals surface area (Å²) in [5.41, 5.74) is 1.30. The number of fused-ring (bicyclic) bond motifs is 1. The number of guanidine groups is 1. The van der Waals surface area contributed by atoms with Crippen molar-refractivity contribution in [3.8, 4) is 0 Å². The molecule has 0 bridgehead atoms. The molecule has 25 heavy (non-hydrogen) atoms. The molecule has 138 valence electrons. The number of allylic oxidation sites excluding steroid dienone is 1. The van der Waals surface area contributed by atoms with Gasteiger partial charge in [0.2, 0.25) is 5.91 Å². The van der Waals surface area contributed by atoms with Crippen molar-refractivity contribution in [2.45, 2.75) is 38.6 Å². The Kier molecular flexibility index (Phi) is 7.98. The van der Waals surface area contributed by atoms with E-state index in [1.165, 1.54) is 23.3 Å². The van der Waals surface area contributed by atoms with Gasteiger partial charge in [0.25, 0.3) is 0 Å². The quantitative estimate of drug-likeness (QED) is 0.335. The predicted octanol–water partition coefficient (Wildman–Crippen LogP) is 2.89. The van der Waals surface area contributed by atoms with Gasteiger partial charge in [0, 0.05) is 38.6 Å². The standard InChI is InChI=1S/C19H30N4OS/c1-4-5-6-7-8-11-22(3)19(20-2)21-14-18(24)23-12-9-17-16(15-23)10-13-25-17/h4,10,13H,1,5-9,11-12,14-15H2,2-3H3,(H,20,21). The van der Waals surface area contributed by atoms with Crippen molar-refractivity contribution < 1.29 is 4.79 Å². The van der Waals surface area contributed by atoms with Crippen LogP contribution in [-0.4, -0.2) is 55.4 Å². The maximum absolute atomic E-state index is 12.5. The maximum atomic E-state index is 12.5. The van der Waals surface area contributed by atoms with Crippen LogP contribution >= 0.6 is 11.3 Å². The van der Waals surface area contributed by atoms with E-state index in [9.17, 15) is 4.79 Å². The van der Waals surface area contributed by atoms with Crippen LogP contribution in [-0.2, 0) is 17.8 Å². The predicted molar refractivity (Wildman–Crippen MR) is 106 cm³/mol. The highest BCUT2D eigenvalue weighted by Crippen LogP contribution is 2.23. The van der Waals surface area contributed by atoms with Gasteiger partial charge >= 0.3 is 0 Å². The molecule has 1 aromatic heterocycles. The lowest BCUT2D eigenvalue weighted by molar-refractivity contribution is -0.130. The molecule has 1 aliphatic heterocycles. The molecule has 2 heterocycles. The average Bonchev–Trinajstić information content (AvgIpc) is 3.09. The largest absolute Gasteiger partial charge is 0.347 e. The second kappa shape index (κ2) is 10.2. The van der Waals surface area contributed by atoms with Crippen molar-refractivity contribution in [1.82, 2.24) is 15.1 Å². The number of hydrogen-bond donors (Lipinski definition) is 1. The molecule has 5 nitrogen and oxygen atoms in total. The third-order valence-electron chi connectivity index (χ3n) is 4.53. The third kappa shape index (κ3) is 5.88. The summed E-state index contributed by atoms with van der Waals surface area (Å²) in [4.78, 5) is 22.2. The van der Waals surface area contributed by atoms with Gasteiger partial charge in [0.1, 0.15) is 0 Å². The number of hydrogen-bond acceptors (Lipinski definition) is 3. The van der Waals surface area contributed by atoms with Gasteiger partial charge in [-0.05, 0) is 42.7 Å². The second-order valence-corrected chi connectivity index (χ2v) is 7.40. The molecule has 1 aliphatic rings. The first-order valence-corrected chi connectivity index (χ1v) is 9.89. The molecule has 1 N–H and O–H groups in total. The van der Waals surface area contributed by atoms with E-state index in [0.717, 1.165) is 44.9 Å². The van der Waals surface area contributed by atoms with E-state index in [1.807, 2.05) is 18.0 Å². The Hall–Kier alpha value is -1.82. The summed E-state index contributed by atoms with van der Waals surface area (Å²) in [5, 5.41) is 5.32. The molecule has 0 radical (unpaired) electrons. The first kappa shape index (κ1) is 19.5. The number of carbonyl (C=O) groups is 1. The fourth-order valence-electron chi connectivity index (χ4n) is 3.03. The highest BCUT2D eigenvalue weighted by Gasteiger charge is 2.21. The molecular formula is C19H30N4OS. The van der Waals surface area contributed by atoms with Crippen LogP contribution < -0.4 is 5.32 Å². The Bertz CT molecular complexity index is 596. The molecule has 0 unspecified atom stereocenters. The molecule has 0 spiro atoms. The first-order valence-electron chi connectivity index (χ1n) is 9.01. The maximum Gasteiger partial charge on any atom is 0.242 e.